The van der Waals surface area contributed by atoms with Gasteiger partial charge in [-0.05, 0) is 68.5 Å². The van der Waals surface area contributed by atoms with E-state index in [9.17, 15) is 19.5 Å². The Morgan fingerprint density at radius 1 is 1.12 bits per heavy atom. The number of nitrogens with one attached hydrogen (secondary N) is 2. The molecule has 8 nitrogen and oxygen atoms in total. The van der Waals surface area contributed by atoms with Crippen LogP contribution in [0, 0.1) is 12.8 Å². The molecule has 2 aromatic rings. The molecule has 33 heavy (non-hydrogen) atoms. The van der Waals surface area contributed by atoms with Gasteiger partial charge in [0.15, 0.2) is 0 Å². The Balaban J connectivity index is 1.76. The van der Waals surface area contributed by atoms with Gasteiger partial charge < -0.3 is 25.6 Å². The van der Waals surface area contributed by atoms with Gasteiger partial charge in [-0.2, -0.15) is 0 Å². The summed E-state index contributed by atoms with van der Waals surface area (Å²) in [6.07, 6.45) is 5.72. The van der Waals surface area contributed by atoms with Crippen molar-refractivity contribution < 1.29 is 29.3 Å². The molecule has 1 aliphatic carbocycles. The number of carbonyl (C=O) groups excluding carboxylic acids is 2. The van der Waals surface area contributed by atoms with Gasteiger partial charge in [0, 0.05) is 11.7 Å². The van der Waals surface area contributed by atoms with Crippen LogP contribution >= 0.6 is 11.6 Å². The number of amides is 2. The number of aryl methyl sites for hydroxylation is 1. The van der Waals surface area contributed by atoms with Gasteiger partial charge in [-0.1, -0.05) is 30.9 Å². The van der Waals surface area contributed by atoms with E-state index in [1.165, 1.54) is 49.6 Å². The Bertz CT molecular complexity index is 1040. The van der Waals surface area contributed by atoms with Crippen LogP contribution in [-0.2, 0) is 9.59 Å². The molecule has 1 saturated carbocycles. The first-order chi connectivity index (χ1) is 15.7. The van der Waals surface area contributed by atoms with Crippen molar-refractivity contribution in [1.29, 1.82) is 0 Å². The number of hydrogen-bond donors (Lipinski definition) is 4. The average Bonchev–Trinajstić information content (AvgIpc) is 2.77. The van der Waals surface area contributed by atoms with E-state index in [0.29, 0.717) is 11.5 Å². The van der Waals surface area contributed by atoms with Crippen molar-refractivity contribution in [2.24, 2.45) is 5.92 Å². The lowest BCUT2D eigenvalue weighted by atomic mass is 9.84. The molecule has 1 fully saturated rings. The Hall–Kier alpha value is -3.26. The summed E-state index contributed by atoms with van der Waals surface area (Å²) in [6, 6.07) is 7.19. The Morgan fingerprint density at radius 3 is 2.45 bits per heavy atom. The number of rotatable bonds is 6. The number of phenolic OH excluding ortho intramolecular Hbond substituents is 1. The van der Waals surface area contributed by atoms with Gasteiger partial charge in [0.25, 0.3) is 5.91 Å². The molecule has 0 saturated heterocycles. The van der Waals surface area contributed by atoms with Gasteiger partial charge in [0.2, 0.25) is 0 Å². The van der Waals surface area contributed by atoms with E-state index in [0.717, 1.165) is 12.8 Å². The molecule has 0 radical (unpaired) electrons. The summed E-state index contributed by atoms with van der Waals surface area (Å²) >= 11 is 6.28. The number of benzene rings is 2. The molecule has 9 heteroatoms. The van der Waals surface area contributed by atoms with Gasteiger partial charge in [-0.15, -0.1) is 0 Å². The minimum atomic E-state index is -1.61. The van der Waals surface area contributed by atoms with Gasteiger partial charge in [-0.25, -0.2) is 4.79 Å². The van der Waals surface area contributed by atoms with E-state index in [4.69, 9.17) is 21.4 Å². The monoisotopic (exact) mass is 474 g/mol. The summed E-state index contributed by atoms with van der Waals surface area (Å²) in [6.45, 7) is 3.66. The number of aliphatic carboxylic acids is 1. The molecule has 1 aliphatic rings. The molecular formula is C24H27ClN2O6. The second-order valence-corrected chi connectivity index (χ2v) is 8.71. The maximum atomic E-state index is 12.8. The van der Waals surface area contributed by atoms with E-state index < -0.39 is 11.9 Å². The Kier molecular flexibility index (Phi) is 7.81. The van der Waals surface area contributed by atoms with Crippen molar-refractivity contribution in [2.75, 3.05) is 5.32 Å². The summed E-state index contributed by atoms with van der Waals surface area (Å²) in [5, 5.41) is 24.3. The van der Waals surface area contributed by atoms with E-state index in [2.05, 4.69) is 10.6 Å². The minimum Gasteiger partial charge on any atom is -0.507 e. The molecule has 0 heterocycles. The first-order valence-electron chi connectivity index (χ1n) is 10.8. The molecule has 0 bridgehead atoms. The number of ether oxygens (including phenoxy) is 1. The molecule has 3 rings (SSSR count). The topological polar surface area (TPSA) is 125 Å². The fraction of sp³-hybridized carbons (Fsp3) is 0.375. The van der Waals surface area contributed by atoms with Crippen LogP contribution in [-0.4, -0.2) is 34.0 Å². The van der Waals surface area contributed by atoms with Crippen molar-refractivity contribution in [1.82, 2.24) is 5.32 Å². The van der Waals surface area contributed by atoms with E-state index in [1.807, 2.05) is 6.92 Å². The molecule has 0 spiro atoms. The fourth-order valence-electron chi connectivity index (χ4n) is 4.03. The Morgan fingerprint density at radius 2 is 1.82 bits per heavy atom. The zero-order valence-electron chi connectivity index (χ0n) is 18.5. The highest BCUT2D eigenvalue weighted by Crippen LogP contribution is 2.36. The molecule has 1 atom stereocenters. The lowest BCUT2D eigenvalue weighted by molar-refractivity contribution is -0.147. The third-order valence-corrected chi connectivity index (χ3v) is 6.11. The molecule has 0 aliphatic heterocycles. The highest BCUT2D eigenvalue weighted by molar-refractivity contribution is 6.37. The predicted molar refractivity (Wildman–Crippen MR) is 124 cm³/mol. The maximum absolute atomic E-state index is 12.8. The Labute approximate surface area is 196 Å². The number of phenols is 1. The highest BCUT2D eigenvalue weighted by Gasteiger charge is 2.23. The number of aromatic hydroxyl groups is 1. The van der Waals surface area contributed by atoms with Crippen LogP contribution < -0.4 is 15.4 Å². The van der Waals surface area contributed by atoms with Crippen molar-refractivity contribution in [3.8, 4) is 17.2 Å². The summed E-state index contributed by atoms with van der Waals surface area (Å²) in [7, 11) is 0. The summed E-state index contributed by atoms with van der Waals surface area (Å²) in [4.78, 5) is 34.9. The highest BCUT2D eigenvalue weighted by atomic mass is 35.5. The fourth-order valence-corrected chi connectivity index (χ4v) is 4.34. The normalized spacial score (nSPS) is 14.9. The van der Waals surface area contributed by atoms with Crippen LogP contribution in [0.5, 0.6) is 17.2 Å². The molecule has 4 N–H and O–H groups in total. The lowest BCUT2D eigenvalue weighted by Crippen LogP contribution is -2.38. The van der Waals surface area contributed by atoms with Crippen molar-refractivity contribution in [3.63, 3.8) is 0 Å². The van der Waals surface area contributed by atoms with Crippen molar-refractivity contribution in [3.05, 3.63) is 46.5 Å². The molecule has 0 aromatic heterocycles. The van der Waals surface area contributed by atoms with Gasteiger partial charge >= 0.3 is 11.9 Å². The molecule has 2 aromatic carbocycles. The van der Waals surface area contributed by atoms with E-state index in [-0.39, 0.29) is 45.5 Å². The van der Waals surface area contributed by atoms with Crippen molar-refractivity contribution >= 4 is 35.1 Å². The van der Waals surface area contributed by atoms with Gasteiger partial charge in [0.1, 0.15) is 17.2 Å². The lowest BCUT2D eigenvalue weighted by Gasteiger charge is -2.28. The maximum Gasteiger partial charge on any atom is 0.394 e. The van der Waals surface area contributed by atoms with Gasteiger partial charge in [0.05, 0.1) is 10.6 Å². The second-order valence-electron chi connectivity index (χ2n) is 8.30. The van der Waals surface area contributed by atoms with E-state index in [1.54, 1.807) is 6.92 Å². The second kappa shape index (κ2) is 10.6. The first-order valence-corrected chi connectivity index (χ1v) is 11.2. The van der Waals surface area contributed by atoms with Crippen molar-refractivity contribution in [2.45, 2.75) is 52.0 Å². The van der Waals surface area contributed by atoms with Crippen LogP contribution in [0.15, 0.2) is 30.3 Å². The molecular weight excluding hydrogens is 448 g/mol. The van der Waals surface area contributed by atoms with E-state index >= 15 is 0 Å². The summed E-state index contributed by atoms with van der Waals surface area (Å²) in [5.41, 5.74) is 0.835. The quantitative estimate of drug-likeness (QED) is 0.443. The third-order valence-electron chi connectivity index (χ3n) is 5.83. The number of anilines is 1. The SMILES string of the molecule is Cc1cc(NC(=O)C(=O)O)cc(Cl)c1Oc1ccc(O)c(C(=O)N[C@@H](C)C2CCCCC2)c1. The number of carboxylic acids is 1. The zero-order chi connectivity index (χ0) is 24.1. The van der Waals surface area contributed by atoms with Gasteiger partial charge in [-0.3, -0.25) is 9.59 Å². The molecule has 176 valence electrons. The minimum absolute atomic E-state index is 0.00739. The summed E-state index contributed by atoms with van der Waals surface area (Å²) < 4.78 is 5.86. The third kappa shape index (κ3) is 6.16. The van der Waals surface area contributed by atoms with Crippen LogP contribution in [0.2, 0.25) is 5.02 Å². The smallest absolute Gasteiger partial charge is 0.394 e. The average molecular weight is 475 g/mol. The number of carbonyl (C=O) groups is 3. The number of hydrogen-bond acceptors (Lipinski definition) is 5. The zero-order valence-corrected chi connectivity index (χ0v) is 19.2. The molecule has 0 unspecified atom stereocenters. The van der Waals surface area contributed by atoms with Crippen LogP contribution in [0.3, 0.4) is 0 Å². The van der Waals surface area contributed by atoms with Crippen LogP contribution in [0.25, 0.3) is 0 Å². The summed E-state index contributed by atoms with van der Waals surface area (Å²) in [5.74, 6) is -2.36. The number of carboxylic acid groups (broad SMARTS) is 1. The van der Waals surface area contributed by atoms with Crippen LogP contribution in [0.1, 0.15) is 54.9 Å². The largest absolute Gasteiger partial charge is 0.507 e. The van der Waals surface area contributed by atoms with Crippen LogP contribution in [0.4, 0.5) is 5.69 Å². The molecule has 2 amide bonds. The standard InChI is InChI=1S/C24H27ClN2O6/c1-13-10-16(27-23(30)24(31)32)11-19(25)21(13)33-17-8-9-20(28)18(12-17)22(29)26-14(2)15-6-4-3-5-7-15/h8-12,14-15,28H,3-7H2,1-2H3,(H,26,29)(H,27,30)(H,31,32)/t14-/m0/s1. The number of halogens is 1. The predicted octanol–water partition coefficient (Wildman–Crippen LogP) is 4.87. The first kappa shape index (κ1) is 24.4.